The lowest BCUT2D eigenvalue weighted by Gasteiger charge is -2.24. The van der Waals surface area contributed by atoms with Gasteiger partial charge in [0, 0.05) is 32.9 Å². The predicted molar refractivity (Wildman–Crippen MR) is 87.3 cm³/mol. The molecule has 0 aliphatic heterocycles. The van der Waals surface area contributed by atoms with Gasteiger partial charge < -0.3 is 15.5 Å². The fraction of sp³-hybridized carbons (Fsp3) is 0.625. The molecule has 5 heteroatoms. The lowest BCUT2D eigenvalue weighted by molar-refractivity contribution is -0.124. The fourth-order valence-electron chi connectivity index (χ4n) is 2.04. The summed E-state index contributed by atoms with van der Waals surface area (Å²) in [6.07, 6.45) is 1.77. The van der Waals surface area contributed by atoms with Crippen molar-refractivity contribution in [2.75, 3.05) is 19.0 Å². The van der Waals surface area contributed by atoms with E-state index in [2.05, 4.69) is 43.3 Å². The molecule has 0 aliphatic rings. The van der Waals surface area contributed by atoms with Crippen molar-refractivity contribution in [1.29, 1.82) is 0 Å². The minimum atomic E-state index is -0.167. The van der Waals surface area contributed by atoms with Gasteiger partial charge in [-0.05, 0) is 23.6 Å². The van der Waals surface area contributed by atoms with E-state index >= 15 is 0 Å². The van der Waals surface area contributed by atoms with Gasteiger partial charge in [0.25, 0.3) is 0 Å². The topological polar surface area (TPSA) is 57.3 Å². The largest absolute Gasteiger partial charge is 0.363 e. The minimum absolute atomic E-state index is 0.0434. The van der Waals surface area contributed by atoms with Crippen LogP contribution in [0.3, 0.4) is 0 Å². The number of rotatable bonds is 7. The van der Waals surface area contributed by atoms with Gasteiger partial charge in [0.05, 0.1) is 6.04 Å². The number of hydrogen-bond donors (Lipinski definition) is 2. The van der Waals surface area contributed by atoms with E-state index in [1.807, 2.05) is 31.1 Å². The quantitative estimate of drug-likeness (QED) is 0.804. The van der Waals surface area contributed by atoms with Crippen molar-refractivity contribution in [3.05, 3.63) is 23.9 Å². The Hall–Kier alpha value is -1.62. The van der Waals surface area contributed by atoms with Crippen LogP contribution in [-0.4, -0.2) is 37.1 Å². The second kappa shape index (κ2) is 7.98. The van der Waals surface area contributed by atoms with Crippen molar-refractivity contribution in [2.24, 2.45) is 5.92 Å². The highest BCUT2D eigenvalue weighted by Gasteiger charge is 2.22. The summed E-state index contributed by atoms with van der Waals surface area (Å²) in [5.41, 5.74) is 1.05. The highest BCUT2D eigenvalue weighted by molar-refractivity contribution is 5.82. The number of carbonyl (C=O) groups is 1. The third kappa shape index (κ3) is 5.71. The maximum absolute atomic E-state index is 12.3. The molecule has 1 atom stereocenters. The Morgan fingerprint density at radius 3 is 2.48 bits per heavy atom. The van der Waals surface area contributed by atoms with Gasteiger partial charge in [0.15, 0.2) is 0 Å². The molecular weight excluding hydrogens is 264 g/mol. The molecule has 0 radical (unpaired) electrons. The average molecular weight is 292 g/mol. The van der Waals surface area contributed by atoms with Gasteiger partial charge in [-0.1, -0.05) is 27.7 Å². The van der Waals surface area contributed by atoms with Crippen molar-refractivity contribution >= 4 is 11.7 Å². The number of hydrogen-bond acceptors (Lipinski definition) is 4. The van der Waals surface area contributed by atoms with Crippen molar-refractivity contribution in [1.82, 2.24) is 15.6 Å². The van der Waals surface area contributed by atoms with E-state index in [-0.39, 0.29) is 23.9 Å². The summed E-state index contributed by atoms with van der Waals surface area (Å²) in [5, 5.41) is 6.32. The molecule has 0 spiro atoms. The average Bonchev–Trinajstić information content (AvgIpc) is 2.42. The summed E-state index contributed by atoms with van der Waals surface area (Å²) in [4.78, 5) is 18.5. The van der Waals surface area contributed by atoms with Crippen LogP contribution in [0.15, 0.2) is 18.3 Å². The van der Waals surface area contributed by atoms with E-state index in [4.69, 9.17) is 0 Å². The molecule has 1 heterocycles. The Morgan fingerprint density at radius 2 is 1.95 bits per heavy atom. The first-order chi connectivity index (χ1) is 9.81. The van der Waals surface area contributed by atoms with Crippen molar-refractivity contribution in [3.8, 4) is 0 Å². The van der Waals surface area contributed by atoms with E-state index in [0.29, 0.717) is 6.54 Å². The third-order valence-electron chi connectivity index (χ3n) is 3.20. The van der Waals surface area contributed by atoms with E-state index in [1.165, 1.54) is 0 Å². The number of aromatic nitrogens is 1. The van der Waals surface area contributed by atoms with Crippen molar-refractivity contribution in [2.45, 2.75) is 46.3 Å². The van der Waals surface area contributed by atoms with Crippen LogP contribution >= 0.6 is 0 Å². The monoisotopic (exact) mass is 292 g/mol. The molecule has 1 amide bonds. The maximum Gasteiger partial charge on any atom is 0.237 e. The maximum atomic E-state index is 12.3. The molecule has 1 aromatic rings. The zero-order valence-corrected chi connectivity index (χ0v) is 14.0. The minimum Gasteiger partial charge on any atom is -0.363 e. The molecule has 0 bridgehead atoms. The summed E-state index contributed by atoms with van der Waals surface area (Å²) < 4.78 is 0. The number of anilines is 1. The van der Waals surface area contributed by atoms with Gasteiger partial charge in [-0.25, -0.2) is 4.98 Å². The molecule has 0 fully saturated rings. The van der Waals surface area contributed by atoms with Gasteiger partial charge in [0.1, 0.15) is 5.82 Å². The summed E-state index contributed by atoms with van der Waals surface area (Å²) in [7, 11) is 3.90. The molecule has 118 valence electrons. The van der Waals surface area contributed by atoms with Crippen LogP contribution in [0, 0.1) is 5.92 Å². The number of pyridine rings is 1. The van der Waals surface area contributed by atoms with E-state index in [0.717, 1.165) is 11.4 Å². The van der Waals surface area contributed by atoms with Crippen LogP contribution < -0.4 is 15.5 Å². The summed E-state index contributed by atoms with van der Waals surface area (Å²) in [5.74, 6) is 1.19. The highest BCUT2D eigenvalue weighted by Crippen LogP contribution is 2.10. The Morgan fingerprint density at radius 1 is 1.29 bits per heavy atom. The Labute approximate surface area is 128 Å². The number of carbonyl (C=O) groups excluding carboxylic acids is 1. The SMILES string of the molecule is CC(C)N[C@H](C(=O)NCc1ccnc(N(C)C)c1)C(C)C. The number of nitrogens with zero attached hydrogens (tertiary/aromatic N) is 2. The van der Waals surface area contributed by atoms with Gasteiger partial charge in [-0.2, -0.15) is 0 Å². The zero-order chi connectivity index (χ0) is 16.0. The van der Waals surface area contributed by atoms with Crippen LogP contribution in [0.25, 0.3) is 0 Å². The van der Waals surface area contributed by atoms with Gasteiger partial charge in [0.2, 0.25) is 5.91 Å². The van der Waals surface area contributed by atoms with Crippen LogP contribution in [0.1, 0.15) is 33.3 Å². The summed E-state index contributed by atoms with van der Waals surface area (Å²) >= 11 is 0. The first-order valence-electron chi connectivity index (χ1n) is 7.47. The van der Waals surface area contributed by atoms with Crippen molar-refractivity contribution in [3.63, 3.8) is 0 Å². The molecule has 0 aliphatic carbocycles. The molecule has 0 unspecified atom stereocenters. The van der Waals surface area contributed by atoms with Gasteiger partial charge in [-0.3, -0.25) is 4.79 Å². The third-order valence-corrected chi connectivity index (χ3v) is 3.20. The Balaban J connectivity index is 2.64. The summed E-state index contributed by atoms with van der Waals surface area (Å²) in [6, 6.07) is 4.03. The fourth-order valence-corrected chi connectivity index (χ4v) is 2.04. The first-order valence-corrected chi connectivity index (χ1v) is 7.47. The highest BCUT2D eigenvalue weighted by atomic mass is 16.2. The van der Waals surface area contributed by atoms with Crippen LogP contribution in [0.2, 0.25) is 0 Å². The normalized spacial score (nSPS) is 12.6. The lowest BCUT2D eigenvalue weighted by Crippen LogP contribution is -2.49. The molecular formula is C16H28N4O. The smallest absolute Gasteiger partial charge is 0.237 e. The van der Waals surface area contributed by atoms with E-state index in [9.17, 15) is 4.79 Å². The van der Waals surface area contributed by atoms with Crippen LogP contribution in [0.5, 0.6) is 0 Å². The number of amides is 1. The first kappa shape index (κ1) is 17.4. The van der Waals surface area contributed by atoms with Gasteiger partial charge >= 0.3 is 0 Å². The molecule has 0 aromatic carbocycles. The van der Waals surface area contributed by atoms with Gasteiger partial charge in [-0.15, -0.1) is 0 Å². The molecule has 21 heavy (non-hydrogen) atoms. The van der Waals surface area contributed by atoms with Crippen LogP contribution in [-0.2, 0) is 11.3 Å². The Kier molecular flexibility index (Phi) is 6.62. The summed E-state index contributed by atoms with van der Waals surface area (Å²) in [6.45, 7) is 8.72. The molecule has 1 aromatic heterocycles. The van der Waals surface area contributed by atoms with Crippen LogP contribution in [0.4, 0.5) is 5.82 Å². The number of nitrogens with one attached hydrogen (secondary N) is 2. The second-order valence-corrected chi connectivity index (χ2v) is 6.18. The molecule has 0 saturated heterocycles. The molecule has 1 rings (SSSR count). The van der Waals surface area contributed by atoms with E-state index < -0.39 is 0 Å². The Bertz CT molecular complexity index is 457. The molecule has 2 N–H and O–H groups in total. The predicted octanol–water partition coefficient (Wildman–Crippen LogP) is 1.79. The molecule has 0 saturated carbocycles. The lowest BCUT2D eigenvalue weighted by atomic mass is 10.0. The second-order valence-electron chi connectivity index (χ2n) is 6.18. The van der Waals surface area contributed by atoms with Crippen molar-refractivity contribution < 1.29 is 4.79 Å². The molecule has 5 nitrogen and oxygen atoms in total. The zero-order valence-electron chi connectivity index (χ0n) is 14.0. The standard InChI is InChI=1S/C16H28N4O/c1-11(2)15(19-12(3)4)16(21)18-10-13-7-8-17-14(9-13)20(5)6/h7-9,11-12,15,19H,10H2,1-6H3,(H,18,21)/t15-/m0/s1. The van der Waals surface area contributed by atoms with E-state index in [1.54, 1.807) is 6.20 Å².